The van der Waals surface area contributed by atoms with Crippen LogP contribution in [0.3, 0.4) is 0 Å². The molecule has 0 saturated heterocycles. The molecule has 1 heterocycles. The molecular weight excluding hydrogens is 469 g/mol. The van der Waals surface area contributed by atoms with E-state index in [4.69, 9.17) is 14.6 Å². The second-order valence-corrected chi connectivity index (χ2v) is 9.52. The van der Waals surface area contributed by atoms with Gasteiger partial charge in [0.2, 0.25) is 0 Å². The lowest BCUT2D eigenvalue weighted by Gasteiger charge is -2.36. The number of benzene rings is 4. The molecule has 6 heteroatoms. The van der Waals surface area contributed by atoms with E-state index >= 15 is 0 Å². The summed E-state index contributed by atoms with van der Waals surface area (Å²) < 4.78 is 26.5. The van der Waals surface area contributed by atoms with Crippen molar-refractivity contribution >= 4 is 28.1 Å². The van der Waals surface area contributed by atoms with Crippen molar-refractivity contribution in [1.82, 2.24) is 0 Å². The van der Waals surface area contributed by atoms with Crippen LogP contribution in [0.25, 0.3) is 10.8 Å². The van der Waals surface area contributed by atoms with Gasteiger partial charge in [0.05, 0.1) is 6.54 Å². The van der Waals surface area contributed by atoms with Crippen LogP contribution in [0.5, 0.6) is 11.5 Å². The summed E-state index contributed by atoms with van der Waals surface area (Å²) in [6.07, 6.45) is 2.70. The van der Waals surface area contributed by atoms with Gasteiger partial charge in [0, 0.05) is 11.8 Å². The second-order valence-electron chi connectivity index (χ2n) is 9.52. The Bertz CT molecular complexity index is 1400. The van der Waals surface area contributed by atoms with Gasteiger partial charge in [-0.2, -0.15) is 0 Å². The molecule has 1 aliphatic heterocycles. The van der Waals surface area contributed by atoms with Crippen LogP contribution < -0.4 is 14.4 Å². The van der Waals surface area contributed by atoms with Crippen LogP contribution >= 0.6 is 0 Å². The number of nitrogens with zero attached hydrogens (tertiary/aromatic N) is 1. The summed E-state index contributed by atoms with van der Waals surface area (Å²) in [4.78, 5) is 12.8. The third kappa shape index (κ3) is 5.53. The molecule has 0 aliphatic carbocycles. The number of carboxylic acids is 1. The Morgan fingerprint density at radius 1 is 1.08 bits per heavy atom. The predicted octanol–water partition coefficient (Wildman–Crippen LogP) is 7.32. The zero-order valence-corrected chi connectivity index (χ0v) is 20.8. The van der Waals surface area contributed by atoms with Crippen LogP contribution in [0.1, 0.15) is 37.7 Å². The molecule has 1 N–H and O–H groups in total. The zero-order chi connectivity index (χ0) is 25.8. The molecule has 5 rings (SSSR count). The van der Waals surface area contributed by atoms with Gasteiger partial charge in [-0.15, -0.1) is 0 Å². The van der Waals surface area contributed by atoms with E-state index in [1.165, 1.54) is 22.4 Å². The van der Waals surface area contributed by atoms with Crippen molar-refractivity contribution in [3.8, 4) is 11.5 Å². The van der Waals surface area contributed by atoms with Crippen molar-refractivity contribution in [2.45, 2.75) is 38.2 Å². The van der Waals surface area contributed by atoms with E-state index < -0.39 is 12.6 Å². The van der Waals surface area contributed by atoms with E-state index in [1.54, 1.807) is 30.3 Å². The first-order valence-electron chi connectivity index (χ1n) is 12.6. The summed E-state index contributed by atoms with van der Waals surface area (Å²) in [6, 6.07) is 26.9. The van der Waals surface area contributed by atoms with Gasteiger partial charge in [-0.25, -0.2) is 9.18 Å². The normalized spacial score (nSPS) is 15.6. The van der Waals surface area contributed by atoms with E-state index in [0.29, 0.717) is 29.6 Å². The third-order valence-corrected chi connectivity index (χ3v) is 6.91. The van der Waals surface area contributed by atoms with Gasteiger partial charge in [-0.3, -0.25) is 0 Å². The van der Waals surface area contributed by atoms with Gasteiger partial charge in [0.25, 0.3) is 0 Å². The number of hydrogen-bond donors (Lipinski definition) is 1. The number of para-hydroxylation sites is 1. The monoisotopic (exact) mass is 499 g/mol. The number of rotatable bonds is 9. The smallest absolute Gasteiger partial charge is 0.341 e. The Labute approximate surface area is 216 Å². The maximum atomic E-state index is 14.9. The van der Waals surface area contributed by atoms with Crippen molar-refractivity contribution < 1.29 is 23.8 Å². The average Bonchev–Trinajstić information content (AvgIpc) is 2.91. The van der Waals surface area contributed by atoms with E-state index in [-0.39, 0.29) is 11.9 Å². The molecule has 0 fully saturated rings. The minimum Gasteiger partial charge on any atom is -0.486 e. The number of aliphatic carboxylic acids is 1. The fraction of sp³-hybridized carbons (Fsp3) is 0.258. The summed E-state index contributed by atoms with van der Waals surface area (Å²) in [7, 11) is 0. The largest absolute Gasteiger partial charge is 0.486 e. The minimum atomic E-state index is -1.05. The molecular formula is C31H30FNO4. The molecule has 0 saturated carbocycles. The number of carboxylic acid groups (broad SMARTS) is 1. The van der Waals surface area contributed by atoms with Crippen LogP contribution in [0, 0.1) is 5.82 Å². The molecule has 0 radical (unpaired) electrons. The topological polar surface area (TPSA) is 59.0 Å². The first-order chi connectivity index (χ1) is 18.0. The molecule has 4 aromatic rings. The Kier molecular flexibility index (Phi) is 7.26. The van der Waals surface area contributed by atoms with Crippen molar-refractivity contribution in [3.63, 3.8) is 0 Å². The van der Waals surface area contributed by atoms with Crippen LogP contribution in [-0.2, 0) is 4.79 Å². The minimum absolute atomic E-state index is 0.113. The lowest BCUT2D eigenvalue weighted by atomic mass is 9.90. The Balaban J connectivity index is 1.31. The van der Waals surface area contributed by atoms with Crippen molar-refractivity contribution in [2.24, 2.45) is 0 Å². The Morgan fingerprint density at radius 2 is 1.86 bits per heavy atom. The molecule has 5 nitrogen and oxygen atoms in total. The Hall–Kier alpha value is -4.06. The molecule has 1 aliphatic rings. The van der Waals surface area contributed by atoms with Crippen LogP contribution in [-0.4, -0.2) is 30.3 Å². The maximum Gasteiger partial charge on any atom is 0.341 e. The van der Waals surface area contributed by atoms with Gasteiger partial charge in [0.15, 0.2) is 12.4 Å². The first-order valence-corrected chi connectivity index (χ1v) is 12.6. The first kappa shape index (κ1) is 24.6. The number of carbonyl (C=O) groups is 1. The number of ether oxygens (including phenoxy) is 2. The summed E-state index contributed by atoms with van der Waals surface area (Å²) >= 11 is 0. The molecule has 37 heavy (non-hydrogen) atoms. The Morgan fingerprint density at radius 3 is 2.73 bits per heavy atom. The van der Waals surface area contributed by atoms with Crippen molar-refractivity contribution in [3.05, 3.63) is 96.3 Å². The van der Waals surface area contributed by atoms with E-state index in [2.05, 4.69) is 49.4 Å². The molecule has 190 valence electrons. The van der Waals surface area contributed by atoms with Crippen LogP contribution in [0.2, 0.25) is 0 Å². The number of halogens is 1. The van der Waals surface area contributed by atoms with Gasteiger partial charge >= 0.3 is 5.97 Å². The summed E-state index contributed by atoms with van der Waals surface area (Å²) in [6.45, 7) is 2.32. The fourth-order valence-electron chi connectivity index (χ4n) is 5.12. The van der Waals surface area contributed by atoms with Crippen LogP contribution in [0.4, 0.5) is 15.8 Å². The van der Waals surface area contributed by atoms with E-state index in [1.807, 2.05) is 11.0 Å². The molecule has 1 unspecified atom stereocenters. The lowest BCUT2D eigenvalue weighted by molar-refractivity contribution is -0.139. The second kappa shape index (κ2) is 10.9. The van der Waals surface area contributed by atoms with Gasteiger partial charge in [-0.1, -0.05) is 61.5 Å². The highest BCUT2D eigenvalue weighted by molar-refractivity contribution is 5.86. The predicted molar refractivity (Wildman–Crippen MR) is 144 cm³/mol. The summed E-state index contributed by atoms with van der Waals surface area (Å²) in [5.41, 5.74) is 2.47. The molecule has 2 atom stereocenters. The number of hydrogen-bond acceptors (Lipinski definition) is 4. The lowest BCUT2D eigenvalue weighted by Crippen LogP contribution is -2.38. The average molecular weight is 500 g/mol. The highest BCUT2D eigenvalue weighted by Gasteiger charge is 2.29. The SMILES string of the molecule is C[C@@H](CCCC1CN(c2cccc(OCC(=O)O)c2)c2c(F)cccc2O1)c1cccc2ccccc12. The number of fused-ring (bicyclic) bond motifs is 2. The maximum absolute atomic E-state index is 14.9. The highest BCUT2D eigenvalue weighted by atomic mass is 19.1. The molecule has 0 spiro atoms. The molecule has 0 bridgehead atoms. The quantitative estimate of drug-likeness (QED) is 0.262. The molecule has 0 amide bonds. The summed E-state index contributed by atoms with van der Waals surface area (Å²) in [5, 5.41) is 11.5. The molecule has 4 aromatic carbocycles. The van der Waals surface area contributed by atoms with Gasteiger partial charge in [0.1, 0.15) is 23.3 Å². The van der Waals surface area contributed by atoms with E-state index in [9.17, 15) is 9.18 Å². The zero-order valence-electron chi connectivity index (χ0n) is 20.8. The van der Waals surface area contributed by atoms with Crippen molar-refractivity contribution in [2.75, 3.05) is 18.1 Å². The van der Waals surface area contributed by atoms with E-state index in [0.717, 1.165) is 24.9 Å². The summed E-state index contributed by atoms with van der Waals surface area (Å²) in [5.74, 6) is -0.0816. The molecule has 0 aromatic heterocycles. The standard InChI is InChI=1S/C31H30FNO4/c1-21(26-15-5-10-22-9-2-3-14-27(22)26)8-4-13-25-19-33(31-28(32)16-7-17-29(31)37-25)23-11-6-12-24(18-23)36-20-30(34)35/h2-3,5-7,9-12,14-18,21,25H,4,8,13,19-20H2,1H3,(H,34,35)/t21-,25?/m0/s1. The van der Waals surface area contributed by atoms with Gasteiger partial charge in [-0.05, 0) is 65.8 Å². The van der Waals surface area contributed by atoms with Crippen LogP contribution in [0.15, 0.2) is 84.9 Å². The fourth-order valence-corrected chi connectivity index (χ4v) is 5.12. The highest BCUT2D eigenvalue weighted by Crippen LogP contribution is 2.42. The van der Waals surface area contributed by atoms with Gasteiger partial charge < -0.3 is 19.5 Å². The third-order valence-electron chi connectivity index (χ3n) is 6.91. The van der Waals surface area contributed by atoms with Crippen molar-refractivity contribution in [1.29, 1.82) is 0 Å². The number of anilines is 2.